The highest BCUT2D eigenvalue weighted by Gasteiger charge is 2.44. The van der Waals surface area contributed by atoms with Crippen molar-refractivity contribution < 1.29 is 28.5 Å². The lowest BCUT2D eigenvalue weighted by Gasteiger charge is -2.46. The standard InChI is InChI=1S/C20H32O6/c1-14(2)18(22)23-13-16-11-15(12-17(21)26-19(3,4)5)24-20(25-16)9-7-6-8-10-20/h15-16H,1,6-13H2,2-5H3. The van der Waals surface area contributed by atoms with Crippen molar-refractivity contribution in [1.29, 1.82) is 0 Å². The van der Waals surface area contributed by atoms with Crippen molar-refractivity contribution in [3.05, 3.63) is 12.2 Å². The molecule has 148 valence electrons. The Balaban J connectivity index is 2.01. The van der Waals surface area contributed by atoms with E-state index in [4.69, 9.17) is 18.9 Å². The van der Waals surface area contributed by atoms with Crippen LogP contribution in [0.5, 0.6) is 0 Å². The maximum atomic E-state index is 12.2. The van der Waals surface area contributed by atoms with Crippen LogP contribution in [0.15, 0.2) is 12.2 Å². The van der Waals surface area contributed by atoms with Crippen LogP contribution in [-0.4, -0.2) is 42.1 Å². The molecule has 2 aliphatic rings. The Kier molecular flexibility index (Phi) is 6.86. The molecule has 0 aromatic heterocycles. The molecule has 0 amide bonds. The lowest BCUT2D eigenvalue weighted by atomic mass is 9.91. The van der Waals surface area contributed by atoms with Crippen LogP contribution in [-0.2, 0) is 28.5 Å². The molecule has 1 heterocycles. The number of hydrogen-bond donors (Lipinski definition) is 0. The predicted octanol–water partition coefficient (Wildman–Crippen LogP) is 3.67. The summed E-state index contributed by atoms with van der Waals surface area (Å²) in [5, 5.41) is 0. The Bertz CT molecular complexity index is 527. The normalized spacial score (nSPS) is 25.5. The van der Waals surface area contributed by atoms with Gasteiger partial charge in [-0.1, -0.05) is 13.0 Å². The highest BCUT2D eigenvalue weighted by Crippen LogP contribution is 2.40. The molecule has 0 N–H and O–H groups in total. The molecule has 2 fully saturated rings. The molecule has 0 aromatic rings. The van der Waals surface area contributed by atoms with Crippen molar-refractivity contribution in [3.63, 3.8) is 0 Å². The van der Waals surface area contributed by atoms with Gasteiger partial charge in [-0.25, -0.2) is 4.79 Å². The Morgan fingerprint density at radius 3 is 2.31 bits per heavy atom. The van der Waals surface area contributed by atoms with E-state index in [2.05, 4.69) is 6.58 Å². The monoisotopic (exact) mass is 368 g/mol. The SMILES string of the molecule is C=C(C)C(=O)OCC1CC(CC(=O)OC(C)(C)C)OC2(CCCCC2)O1. The first kappa shape index (κ1) is 20.9. The first-order valence-corrected chi connectivity index (χ1v) is 9.49. The largest absolute Gasteiger partial charge is 0.460 e. The molecular weight excluding hydrogens is 336 g/mol. The van der Waals surface area contributed by atoms with Crippen LogP contribution in [0.3, 0.4) is 0 Å². The van der Waals surface area contributed by atoms with Gasteiger partial charge in [0.25, 0.3) is 0 Å². The second-order valence-corrected chi connectivity index (χ2v) is 8.36. The van der Waals surface area contributed by atoms with Crippen LogP contribution in [0.4, 0.5) is 0 Å². The quantitative estimate of drug-likeness (QED) is 0.545. The number of carbonyl (C=O) groups is 2. The summed E-state index contributed by atoms with van der Waals surface area (Å²) >= 11 is 0. The maximum Gasteiger partial charge on any atom is 0.333 e. The molecule has 6 nitrogen and oxygen atoms in total. The first-order chi connectivity index (χ1) is 12.1. The summed E-state index contributed by atoms with van der Waals surface area (Å²) in [4.78, 5) is 23.9. The van der Waals surface area contributed by atoms with Gasteiger partial charge in [0, 0.05) is 24.8 Å². The second kappa shape index (κ2) is 8.53. The zero-order valence-electron chi connectivity index (χ0n) is 16.5. The van der Waals surface area contributed by atoms with Crippen LogP contribution in [0.1, 0.15) is 72.6 Å². The van der Waals surface area contributed by atoms with Crippen LogP contribution in [0.25, 0.3) is 0 Å². The lowest BCUT2D eigenvalue weighted by Crippen LogP contribution is -2.51. The summed E-state index contributed by atoms with van der Waals surface area (Å²) in [7, 11) is 0. The number of ether oxygens (including phenoxy) is 4. The molecule has 2 unspecified atom stereocenters. The summed E-state index contributed by atoms with van der Waals surface area (Å²) in [6, 6.07) is 0. The van der Waals surface area contributed by atoms with Gasteiger partial charge in [-0.15, -0.1) is 0 Å². The average molecular weight is 368 g/mol. The van der Waals surface area contributed by atoms with E-state index >= 15 is 0 Å². The third-order valence-electron chi connectivity index (χ3n) is 4.47. The van der Waals surface area contributed by atoms with E-state index in [9.17, 15) is 9.59 Å². The molecule has 0 bridgehead atoms. The Labute approximate surface area is 156 Å². The van der Waals surface area contributed by atoms with Crippen LogP contribution >= 0.6 is 0 Å². The van der Waals surface area contributed by atoms with E-state index in [-0.39, 0.29) is 31.2 Å². The fourth-order valence-electron chi connectivity index (χ4n) is 3.44. The highest BCUT2D eigenvalue weighted by molar-refractivity contribution is 5.86. The summed E-state index contributed by atoms with van der Waals surface area (Å²) in [5.41, 5.74) is -0.170. The Morgan fingerprint density at radius 1 is 1.12 bits per heavy atom. The van der Waals surface area contributed by atoms with E-state index in [0.29, 0.717) is 12.0 Å². The summed E-state index contributed by atoms with van der Waals surface area (Å²) in [5.74, 6) is -1.39. The number of hydrogen-bond acceptors (Lipinski definition) is 6. The minimum Gasteiger partial charge on any atom is -0.460 e. The molecule has 0 radical (unpaired) electrons. The molecular formula is C20H32O6. The van der Waals surface area contributed by atoms with E-state index in [1.54, 1.807) is 6.92 Å². The van der Waals surface area contributed by atoms with E-state index in [0.717, 1.165) is 32.1 Å². The fourth-order valence-corrected chi connectivity index (χ4v) is 3.44. The molecule has 1 spiro atoms. The Morgan fingerprint density at radius 2 is 1.73 bits per heavy atom. The molecule has 26 heavy (non-hydrogen) atoms. The van der Waals surface area contributed by atoms with Gasteiger partial charge in [0.15, 0.2) is 5.79 Å². The summed E-state index contributed by atoms with van der Waals surface area (Å²) in [6.45, 7) is 10.9. The molecule has 0 aromatic carbocycles. The molecule has 1 saturated carbocycles. The van der Waals surface area contributed by atoms with Gasteiger partial charge in [-0.3, -0.25) is 4.79 Å². The van der Waals surface area contributed by atoms with Crippen LogP contribution < -0.4 is 0 Å². The van der Waals surface area contributed by atoms with Crippen molar-refractivity contribution in [2.45, 2.75) is 96.2 Å². The van der Waals surface area contributed by atoms with Gasteiger partial charge in [0.05, 0.1) is 18.6 Å². The lowest BCUT2D eigenvalue weighted by molar-refractivity contribution is -0.332. The topological polar surface area (TPSA) is 71.1 Å². The van der Waals surface area contributed by atoms with Gasteiger partial charge in [0.1, 0.15) is 12.2 Å². The van der Waals surface area contributed by atoms with Crippen molar-refractivity contribution in [2.75, 3.05) is 6.61 Å². The zero-order valence-corrected chi connectivity index (χ0v) is 16.5. The van der Waals surface area contributed by atoms with Gasteiger partial charge >= 0.3 is 11.9 Å². The highest BCUT2D eigenvalue weighted by atomic mass is 16.7. The summed E-state index contributed by atoms with van der Waals surface area (Å²) < 4.78 is 23.1. The number of carbonyl (C=O) groups excluding carboxylic acids is 2. The van der Waals surface area contributed by atoms with E-state index in [1.807, 2.05) is 20.8 Å². The molecule has 2 rings (SSSR count). The Hall–Kier alpha value is -1.40. The average Bonchev–Trinajstić information content (AvgIpc) is 2.50. The number of rotatable bonds is 5. The van der Waals surface area contributed by atoms with Crippen molar-refractivity contribution in [2.24, 2.45) is 0 Å². The fraction of sp³-hybridized carbons (Fsp3) is 0.800. The molecule has 2 atom stereocenters. The maximum absolute atomic E-state index is 12.2. The minimum absolute atomic E-state index is 0.140. The van der Waals surface area contributed by atoms with Crippen LogP contribution in [0.2, 0.25) is 0 Å². The molecule has 1 aliphatic carbocycles. The summed E-state index contributed by atoms with van der Waals surface area (Å²) in [6.07, 6.45) is 4.86. The van der Waals surface area contributed by atoms with Crippen molar-refractivity contribution in [1.82, 2.24) is 0 Å². The molecule has 1 aliphatic heterocycles. The van der Waals surface area contributed by atoms with Crippen molar-refractivity contribution in [3.8, 4) is 0 Å². The third kappa shape index (κ3) is 6.40. The van der Waals surface area contributed by atoms with Gasteiger partial charge in [-0.05, 0) is 40.5 Å². The third-order valence-corrected chi connectivity index (χ3v) is 4.47. The smallest absolute Gasteiger partial charge is 0.333 e. The van der Waals surface area contributed by atoms with Crippen LogP contribution in [0, 0.1) is 0 Å². The van der Waals surface area contributed by atoms with E-state index < -0.39 is 17.4 Å². The predicted molar refractivity (Wildman–Crippen MR) is 96.4 cm³/mol. The minimum atomic E-state index is -0.677. The molecule has 6 heteroatoms. The van der Waals surface area contributed by atoms with Gasteiger partial charge in [-0.2, -0.15) is 0 Å². The van der Waals surface area contributed by atoms with Gasteiger partial charge in [0.2, 0.25) is 0 Å². The second-order valence-electron chi connectivity index (χ2n) is 8.36. The van der Waals surface area contributed by atoms with Gasteiger partial charge < -0.3 is 18.9 Å². The van der Waals surface area contributed by atoms with E-state index in [1.165, 1.54) is 0 Å². The first-order valence-electron chi connectivity index (χ1n) is 9.49. The zero-order chi connectivity index (χ0) is 19.4. The van der Waals surface area contributed by atoms with Crippen molar-refractivity contribution >= 4 is 11.9 Å². The number of esters is 2. The molecule has 1 saturated heterocycles.